The Labute approximate surface area is 181 Å². The predicted octanol–water partition coefficient (Wildman–Crippen LogP) is 4.40. The minimum absolute atomic E-state index is 0.0904. The monoisotopic (exact) mass is 418 g/mol. The number of thiazole rings is 1. The number of aromatic nitrogens is 1. The Balaban J connectivity index is 1.68. The van der Waals surface area contributed by atoms with Crippen LogP contribution in [0.2, 0.25) is 0 Å². The van der Waals surface area contributed by atoms with E-state index in [2.05, 4.69) is 34.7 Å². The Morgan fingerprint density at radius 2 is 2.00 bits per heavy atom. The van der Waals surface area contributed by atoms with Gasteiger partial charge in [0.2, 0.25) is 0 Å². The van der Waals surface area contributed by atoms with Crippen molar-refractivity contribution in [2.75, 3.05) is 13.1 Å². The minimum atomic E-state index is -0.0904. The molecule has 30 heavy (non-hydrogen) atoms. The maximum absolute atomic E-state index is 10.1. The maximum atomic E-state index is 10.1. The normalized spacial score (nSPS) is 21.2. The number of nitriles is 1. The van der Waals surface area contributed by atoms with Gasteiger partial charge in [0.05, 0.1) is 24.2 Å². The molecule has 1 aliphatic heterocycles. The number of rotatable bonds is 5. The molecule has 1 N–H and O–H groups in total. The van der Waals surface area contributed by atoms with Crippen molar-refractivity contribution in [3.05, 3.63) is 81.8 Å². The summed E-state index contributed by atoms with van der Waals surface area (Å²) < 4.78 is 0. The van der Waals surface area contributed by atoms with E-state index in [1.807, 2.05) is 54.0 Å². The van der Waals surface area contributed by atoms with E-state index in [9.17, 15) is 10.4 Å². The lowest BCUT2D eigenvalue weighted by Gasteiger charge is -2.47. The third kappa shape index (κ3) is 4.24. The number of phenols is 1. The topological polar surface area (TPSA) is 63.4 Å². The predicted molar refractivity (Wildman–Crippen MR) is 119 cm³/mol. The van der Waals surface area contributed by atoms with Crippen LogP contribution in [0, 0.1) is 11.3 Å². The fourth-order valence-electron chi connectivity index (χ4n) is 4.39. The first kappa shape index (κ1) is 20.5. The fourth-order valence-corrected chi connectivity index (χ4v) is 5.03. The second kappa shape index (κ2) is 8.97. The van der Waals surface area contributed by atoms with E-state index in [1.54, 1.807) is 17.4 Å². The van der Waals surface area contributed by atoms with Gasteiger partial charge >= 0.3 is 0 Å². The van der Waals surface area contributed by atoms with Crippen molar-refractivity contribution in [2.24, 2.45) is 0 Å². The number of phenolic OH excluding ortho intramolecular Hbond substituents is 1. The van der Waals surface area contributed by atoms with Gasteiger partial charge in [0, 0.05) is 36.8 Å². The van der Waals surface area contributed by atoms with Crippen molar-refractivity contribution < 1.29 is 5.11 Å². The number of aromatic hydroxyl groups is 1. The van der Waals surface area contributed by atoms with Crippen LogP contribution in [0.4, 0.5) is 0 Å². The average molecular weight is 419 g/mol. The number of piperazine rings is 1. The quantitative estimate of drug-likeness (QED) is 0.665. The molecule has 154 valence electrons. The summed E-state index contributed by atoms with van der Waals surface area (Å²) in [6, 6.07) is 18.1. The van der Waals surface area contributed by atoms with Crippen LogP contribution in [0.3, 0.4) is 0 Å². The van der Waals surface area contributed by atoms with Crippen LogP contribution in [-0.4, -0.2) is 45.1 Å². The van der Waals surface area contributed by atoms with Gasteiger partial charge < -0.3 is 5.11 Å². The summed E-state index contributed by atoms with van der Waals surface area (Å²) in [5.41, 5.74) is 2.67. The Bertz CT molecular complexity index is 1030. The van der Waals surface area contributed by atoms with E-state index < -0.39 is 0 Å². The van der Waals surface area contributed by atoms with Crippen LogP contribution in [0.5, 0.6) is 5.75 Å². The van der Waals surface area contributed by atoms with E-state index in [1.165, 1.54) is 0 Å². The minimum Gasteiger partial charge on any atom is -0.508 e. The number of benzene rings is 2. The van der Waals surface area contributed by atoms with Crippen LogP contribution in [0.1, 0.15) is 41.6 Å². The third-order valence-electron chi connectivity index (χ3n) is 5.88. The highest BCUT2D eigenvalue weighted by molar-refractivity contribution is 7.09. The summed E-state index contributed by atoms with van der Waals surface area (Å²) in [5, 5.41) is 23.0. The first-order chi connectivity index (χ1) is 14.6. The van der Waals surface area contributed by atoms with E-state index in [0.29, 0.717) is 11.6 Å². The van der Waals surface area contributed by atoms with Crippen molar-refractivity contribution in [1.29, 1.82) is 5.26 Å². The van der Waals surface area contributed by atoms with Gasteiger partial charge in [0.15, 0.2) is 0 Å². The highest BCUT2D eigenvalue weighted by Gasteiger charge is 2.35. The molecule has 0 radical (unpaired) electrons. The molecule has 0 unspecified atom stereocenters. The van der Waals surface area contributed by atoms with E-state index >= 15 is 0 Å². The van der Waals surface area contributed by atoms with Crippen molar-refractivity contribution in [3.8, 4) is 11.8 Å². The zero-order chi connectivity index (χ0) is 21.1. The van der Waals surface area contributed by atoms with E-state index in [4.69, 9.17) is 0 Å². The SMILES string of the molecule is C[C@@H]1CN([C@H](c2cccc(O)c2)c2ccccc2C#N)[C@@H](C)CN1Cc1nccs1. The summed E-state index contributed by atoms with van der Waals surface area (Å²) in [6.45, 7) is 7.15. The molecule has 5 nitrogen and oxygen atoms in total. The first-order valence-corrected chi connectivity index (χ1v) is 11.1. The van der Waals surface area contributed by atoms with Gasteiger partial charge in [-0.25, -0.2) is 4.98 Å². The maximum Gasteiger partial charge on any atom is 0.115 e. The van der Waals surface area contributed by atoms with Gasteiger partial charge in [-0.2, -0.15) is 5.26 Å². The van der Waals surface area contributed by atoms with Crippen molar-refractivity contribution >= 4 is 11.3 Å². The molecule has 2 heterocycles. The fraction of sp³-hybridized carbons (Fsp3) is 0.333. The lowest BCUT2D eigenvalue weighted by Crippen LogP contribution is -2.56. The summed E-state index contributed by atoms with van der Waals surface area (Å²) in [4.78, 5) is 9.40. The second-order valence-corrected chi connectivity index (χ2v) is 8.93. The Morgan fingerprint density at radius 3 is 2.73 bits per heavy atom. The zero-order valence-electron chi connectivity index (χ0n) is 17.3. The van der Waals surface area contributed by atoms with Gasteiger partial charge in [0.1, 0.15) is 10.8 Å². The van der Waals surface area contributed by atoms with Crippen LogP contribution >= 0.6 is 11.3 Å². The zero-order valence-corrected chi connectivity index (χ0v) is 18.1. The Morgan fingerprint density at radius 1 is 1.17 bits per heavy atom. The molecule has 0 aliphatic carbocycles. The summed E-state index contributed by atoms with van der Waals surface area (Å²) >= 11 is 1.70. The molecule has 1 saturated heterocycles. The summed E-state index contributed by atoms with van der Waals surface area (Å²) in [5.74, 6) is 0.245. The van der Waals surface area contributed by atoms with Gasteiger partial charge in [-0.05, 0) is 43.2 Å². The van der Waals surface area contributed by atoms with Gasteiger partial charge in [-0.15, -0.1) is 11.3 Å². The molecule has 0 bridgehead atoms. The highest BCUT2D eigenvalue weighted by Crippen LogP contribution is 2.36. The molecular formula is C24H26N4OS. The third-order valence-corrected chi connectivity index (χ3v) is 6.64. The molecule has 1 fully saturated rings. The van der Waals surface area contributed by atoms with Crippen molar-refractivity contribution in [2.45, 2.75) is 38.5 Å². The molecule has 0 saturated carbocycles. The molecule has 1 aromatic heterocycles. The van der Waals surface area contributed by atoms with E-state index in [0.717, 1.165) is 35.8 Å². The molecule has 0 spiro atoms. The molecule has 3 atom stereocenters. The van der Waals surface area contributed by atoms with Crippen LogP contribution in [-0.2, 0) is 6.54 Å². The molecule has 4 rings (SSSR count). The second-order valence-electron chi connectivity index (χ2n) is 7.95. The summed E-state index contributed by atoms with van der Waals surface area (Å²) in [6.07, 6.45) is 1.86. The van der Waals surface area contributed by atoms with Crippen molar-refractivity contribution in [3.63, 3.8) is 0 Å². The smallest absolute Gasteiger partial charge is 0.115 e. The molecule has 0 amide bonds. The standard InChI is InChI=1S/C24H26N4OS/c1-17-15-28(18(2)14-27(17)16-23-26-10-11-30-23)24(19-7-5-8-21(29)12-19)22-9-4-3-6-20(22)13-25/h3-12,17-18,24,29H,14-16H2,1-2H3/t17-,18+,24-/m1/s1. The number of hydrogen-bond acceptors (Lipinski definition) is 6. The number of nitrogens with zero attached hydrogens (tertiary/aromatic N) is 4. The highest BCUT2D eigenvalue weighted by atomic mass is 32.1. The Kier molecular flexibility index (Phi) is 6.14. The lowest BCUT2D eigenvalue weighted by atomic mass is 9.90. The van der Waals surface area contributed by atoms with Crippen LogP contribution < -0.4 is 0 Å². The van der Waals surface area contributed by atoms with Gasteiger partial charge in [-0.1, -0.05) is 30.3 Å². The number of hydrogen-bond donors (Lipinski definition) is 1. The van der Waals surface area contributed by atoms with Crippen molar-refractivity contribution in [1.82, 2.24) is 14.8 Å². The van der Waals surface area contributed by atoms with Gasteiger partial charge in [0.25, 0.3) is 0 Å². The first-order valence-electron chi connectivity index (χ1n) is 10.2. The average Bonchev–Trinajstić information content (AvgIpc) is 3.25. The van der Waals surface area contributed by atoms with E-state index in [-0.39, 0.29) is 17.8 Å². The molecule has 2 aromatic carbocycles. The molecule has 6 heteroatoms. The van der Waals surface area contributed by atoms with Gasteiger partial charge in [-0.3, -0.25) is 9.80 Å². The lowest BCUT2D eigenvalue weighted by molar-refractivity contribution is 0.0194. The molecule has 3 aromatic rings. The molecular weight excluding hydrogens is 392 g/mol. The van der Waals surface area contributed by atoms with Crippen LogP contribution in [0.15, 0.2) is 60.1 Å². The largest absolute Gasteiger partial charge is 0.508 e. The molecule has 1 aliphatic rings. The van der Waals surface area contributed by atoms with Crippen LogP contribution in [0.25, 0.3) is 0 Å². The Hall–Kier alpha value is -2.72. The summed E-state index contributed by atoms with van der Waals surface area (Å²) in [7, 11) is 0.